The van der Waals surface area contributed by atoms with Crippen molar-refractivity contribution in [3.8, 4) is 5.75 Å². The molecule has 2 aromatic carbocycles. The van der Waals surface area contributed by atoms with Gasteiger partial charge < -0.3 is 9.64 Å². The van der Waals surface area contributed by atoms with Gasteiger partial charge in [0.2, 0.25) is 0 Å². The molecule has 138 valence electrons. The van der Waals surface area contributed by atoms with Crippen molar-refractivity contribution in [2.75, 3.05) is 25.6 Å². The van der Waals surface area contributed by atoms with E-state index in [0.29, 0.717) is 15.8 Å². The quantitative estimate of drug-likeness (QED) is 0.541. The van der Waals surface area contributed by atoms with Crippen molar-refractivity contribution in [2.24, 2.45) is 0 Å². The van der Waals surface area contributed by atoms with Crippen LogP contribution in [0.3, 0.4) is 0 Å². The third kappa shape index (κ3) is 3.47. The predicted molar refractivity (Wildman–Crippen MR) is 116 cm³/mol. The molecular weight excluding hydrogens is 396 g/mol. The van der Waals surface area contributed by atoms with E-state index in [1.165, 1.54) is 17.3 Å². The zero-order chi connectivity index (χ0) is 19.0. The molecule has 0 radical (unpaired) electrons. The molecule has 4 nitrogen and oxygen atoms in total. The summed E-state index contributed by atoms with van der Waals surface area (Å²) >= 11 is 8.49. The van der Waals surface area contributed by atoms with E-state index in [9.17, 15) is 4.79 Å². The van der Waals surface area contributed by atoms with Crippen molar-refractivity contribution in [3.05, 3.63) is 64.0 Å². The smallest absolute Gasteiger partial charge is 0.268 e. The number of rotatable bonds is 4. The molecule has 2 aliphatic rings. The Morgan fingerprint density at radius 1 is 1.11 bits per heavy atom. The number of hydrogen-bond donors (Lipinski definition) is 0. The maximum atomic E-state index is 13.0. The fourth-order valence-electron chi connectivity index (χ4n) is 3.06. The second-order valence-corrected chi connectivity index (χ2v) is 8.86. The Labute approximate surface area is 172 Å². The van der Waals surface area contributed by atoms with Gasteiger partial charge in [-0.2, -0.15) is 0 Å². The van der Waals surface area contributed by atoms with Crippen LogP contribution in [0.25, 0.3) is 0 Å². The van der Waals surface area contributed by atoms with Gasteiger partial charge in [-0.3, -0.25) is 9.69 Å². The number of nitrogens with zero attached hydrogens (tertiary/aromatic N) is 2. The average molecular weight is 415 g/mol. The highest BCUT2D eigenvalue weighted by atomic mass is 32.2. The molecule has 1 saturated heterocycles. The molecule has 0 saturated carbocycles. The lowest BCUT2D eigenvalue weighted by Gasteiger charge is -2.16. The zero-order valence-electron chi connectivity index (χ0n) is 15.0. The van der Waals surface area contributed by atoms with Gasteiger partial charge in [-0.15, -0.1) is 0 Å². The van der Waals surface area contributed by atoms with Crippen LogP contribution in [-0.2, 0) is 11.2 Å². The molecule has 2 aromatic rings. The van der Waals surface area contributed by atoms with Crippen LogP contribution in [0.4, 0.5) is 5.69 Å². The molecule has 0 atom stereocenters. The zero-order valence-corrected chi connectivity index (χ0v) is 17.4. The maximum Gasteiger partial charge on any atom is 0.268 e. The first kappa shape index (κ1) is 18.4. The molecule has 0 aromatic heterocycles. The van der Waals surface area contributed by atoms with E-state index in [-0.39, 0.29) is 5.91 Å². The monoisotopic (exact) mass is 414 g/mol. The molecule has 0 unspecified atom stereocenters. The molecule has 0 spiro atoms. The number of benzene rings is 2. The molecule has 2 heterocycles. The molecule has 27 heavy (non-hydrogen) atoms. The number of anilines is 1. The summed E-state index contributed by atoms with van der Waals surface area (Å²) in [5.74, 6) is 0.799. The van der Waals surface area contributed by atoms with Crippen LogP contribution in [0.15, 0.2) is 63.4 Å². The fourth-order valence-corrected chi connectivity index (χ4v) is 5.67. The van der Waals surface area contributed by atoms with Crippen LogP contribution < -0.4 is 9.64 Å². The van der Waals surface area contributed by atoms with Gasteiger partial charge in [0.1, 0.15) is 15.0 Å². The van der Waals surface area contributed by atoms with Crippen molar-refractivity contribution in [1.29, 1.82) is 0 Å². The Kier molecular flexibility index (Phi) is 5.16. The van der Waals surface area contributed by atoms with Crippen LogP contribution in [0, 0.1) is 0 Å². The number of ether oxygens (including phenoxy) is 1. The first-order chi connectivity index (χ1) is 13.1. The molecular formula is C20H18N2O2S3. The number of methoxy groups -OCH3 is 1. The molecule has 1 fully saturated rings. The number of fused-ring (bicyclic) bond motifs is 1. The second-order valence-electron chi connectivity index (χ2n) is 6.19. The van der Waals surface area contributed by atoms with Crippen LogP contribution >= 0.6 is 35.7 Å². The van der Waals surface area contributed by atoms with E-state index < -0.39 is 0 Å². The molecule has 0 N–H and O–H groups in total. The highest BCUT2D eigenvalue weighted by molar-refractivity contribution is 8.27. The SMILES string of the molecule is COc1ccc2c(c1)N(C)/C(=C1/SC(=S)N(CCc3ccccc3)C1=O)S2. The van der Waals surface area contributed by atoms with Crippen molar-refractivity contribution >= 4 is 51.7 Å². The first-order valence-electron chi connectivity index (χ1n) is 8.50. The van der Waals surface area contributed by atoms with E-state index in [4.69, 9.17) is 17.0 Å². The predicted octanol–water partition coefficient (Wildman–Crippen LogP) is 4.51. The van der Waals surface area contributed by atoms with Gasteiger partial charge in [-0.25, -0.2) is 0 Å². The Bertz CT molecular complexity index is 943. The molecule has 0 aliphatic carbocycles. The lowest BCUT2D eigenvalue weighted by molar-refractivity contribution is -0.122. The van der Waals surface area contributed by atoms with E-state index in [0.717, 1.165) is 27.8 Å². The van der Waals surface area contributed by atoms with Crippen molar-refractivity contribution in [2.45, 2.75) is 11.3 Å². The lowest BCUT2D eigenvalue weighted by Crippen LogP contribution is -2.30. The van der Waals surface area contributed by atoms with Gasteiger partial charge >= 0.3 is 0 Å². The van der Waals surface area contributed by atoms with Gasteiger partial charge in [-0.05, 0) is 24.1 Å². The summed E-state index contributed by atoms with van der Waals surface area (Å²) in [6.45, 7) is 0.598. The highest BCUT2D eigenvalue weighted by Gasteiger charge is 2.38. The van der Waals surface area contributed by atoms with Crippen LogP contribution in [0.1, 0.15) is 5.56 Å². The summed E-state index contributed by atoms with van der Waals surface area (Å²) in [5.41, 5.74) is 2.25. The summed E-state index contributed by atoms with van der Waals surface area (Å²) in [7, 11) is 3.63. The fraction of sp³-hybridized carbons (Fsp3) is 0.200. The molecule has 4 rings (SSSR count). The van der Waals surface area contributed by atoms with Gasteiger partial charge in [0, 0.05) is 24.6 Å². The second kappa shape index (κ2) is 7.58. The summed E-state index contributed by atoms with van der Waals surface area (Å²) < 4.78 is 5.95. The lowest BCUT2D eigenvalue weighted by atomic mass is 10.1. The molecule has 0 bridgehead atoms. The van der Waals surface area contributed by atoms with Crippen LogP contribution in [0.2, 0.25) is 0 Å². The molecule has 1 amide bonds. The largest absolute Gasteiger partial charge is 0.497 e. The third-order valence-corrected chi connectivity index (χ3v) is 7.35. The van der Waals surface area contributed by atoms with Crippen LogP contribution in [-0.4, -0.2) is 35.8 Å². The highest BCUT2D eigenvalue weighted by Crippen LogP contribution is 2.50. The van der Waals surface area contributed by atoms with Gasteiger partial charge in [0.05, 0.1) is 17.8 Å². The number of thiocarbonyl (C=S) groups is 1. The number of amides is 1. The first-order valence-corrected chi connectivity index (χ1v) is 10.5. The minimum Gasteiger partial charge on any atom is -0.497 e. The Hall–Kier alpha value is -1.96. The molecule has 7 heteroatoms. The van der Waals surface area contributed by atoms with E-state index >= 15 is 0 Å². The van der Waals surface area contributed by atoms with Gasteiger partial charge in [-0.1, -0.05) is 66.1 Å². The summed E-state index contributed by atoms with van der Waals surface area (Å²) in [6, 6.07) is 16.1. The van der Waals surface area contributed by atoms with Gasteiger partial charge in [0.25, 0.3) is 5.91 Å². The third-order valence-electron chi connectivity index (χ3n) is 4.55. The van der Waals surface area contributed by atoms with Crippen molar-refractivity contribution in [1.82, 2.24) is 4.90 Å². The standard InChI is InChI=1S/C20H18N2O2S3/c1-21-15-12-14(24-2)8-9-16(15)26-19(21)17-18(23)22(20(25)27-17)11-10-13-6-4-3-5-7-13/h3-9,12H,10-11H2,1-2H3/b19-17-. The maximum absolute atomic E-state index is 13.0. The van der Waals surface area contributed by atoms with Crippen molar-refractivity contribution < 1.29 is 9.53 Å². The molecule has 2 aliphatic heterocycles. The number of thioether (sulfide) groups is 2. The average Bonchev–Trinajstić information content (AvgIpc) is 3.16. The Balaban J connectivity index is 1.56. The number of carbonyl (C=O) groups is 1. The summed E-state index contributed by atoms with van der Waals surface area (Å²) in [6.07, 6.45) is 0.788. The number of carbonyl (C=O) groups excluding carboxylic acids is 1. The van der Waals surface area contributed by atoms with Crippen LogP contribution in [0.5, 0.6) is 5.75 Å². The van der Waals surface area contributed by atoms with E-state index in [1.807, 2.05) is 48.3 Å². The van der Waals surface area contributed by atoms with E-state index in [2.05, 4.69) is 12.1 Å². The summed E-state index contributed by atoms with van der Waals surface area (Å²) in [4.78, 5) is 18.6. The Morgan fingerprint density at radius 2 is 1.89 bits per heavy atom. The Morgan fingerprint density at radius 3 is 2.63 bits per heavy atom. The minimum absolute atomic E-state index is 0.00458. The topological polar surface area (TPSA) is 32.8 Å². The summed E-state index contributed by atoms with van der Waals surface area (Å²) in [5, 5.41) is 0.929. The minimum atomic E-state index is -0.00458. The van der Waals surface area contributed by atoms with Crippen molar-refractivity contribution in [3.63, 3.8) is 0 Å². The van der Waals surface area contributed by atoms with E-state index in [1.54, 1.807) is 23.8 Å². The van der Waals surface area contributed by atoms with Gasteiger partial charge in [0.15, 0.2) is 0 Å². The normalized spacial score (nSPS) is 19.0. The number of hydrogen-bond acceptors (Lipinski definition) is 6.